The Kier molecular flexibility index (Phi) is 3.92. The van der Waals surface area contributed by atoms with Crippen LogP contribution in [0.4, 0.5) is 10.6 Å². The molecule has 4 rings (SSSR count). The highest BCUT2D eigenvalue weighted by molar-refractivity contribution is 5.85. The van der Waals surface area contributed by atoms with Crippen LogP contribution < -0.4 is 5.32 Å². The number of benzene rings is 2. The van der Waals surface area contributed by atoms with Crippen molar-refractivity contribution in [1.82, 2.24) is 9.78 Å². The summed E-state index contributed by atoms with van der Waals surface area (Å²) in [6.07, 6.45) is 1.75. The molecule has 0 radical (unpaired) electrons. The number of carboxylic acids is 1. The van der Waals surface area contributed by atoms with Crippen molar-refractivity contribution in [1.29, 1.82) is 0 Å². The Morgan fingerprint density at radius 2 is 1.52 bits per heavy atom. The molecule has 2 aromatic carbocycles. The SMILES string of the molecule is O=C(O)Nc1ccnn1-c1ccc(-c2ccc(C3(C(=O)O)CC3)cc2)cc1. The van der Waals surface area contributed by atoms with E-state index in [0.717, 1.165) is 22.4 Å². The maximum atomic E-state index is 11.4. The van der Waals surface area contributed by atoms with E-state index >= 15 is 0 Å². The maximum Gasteiger partial charge on any atom is 0.410 e. The molecule has 1 aliphatic carbocycles. The molecule has 7 nitrogen and oxygen atoms in total. The fraction of sp³-hybridized carbons (Fsp3) is 0.150. The Bertz CT molecular complexity index is 1000. The van der Waals surface area contributed by atoms with Crippen LogP contribution in [0, 0.1) is 0 Å². The first-order valence-electron chi connectivity index (χ1n) is 8.48. The molecule has 0 saturated heterocycles. The molecule has 0 aliphatic heterocycles. The van der Waals surface area contributed by atoms with Crippen LogP contribution in [0.25, 0.3) is 16.8 Å². The van der Waals surface area contributed by atoms with Crippen molar-refractivity contribution in [2.45, 2.75) is 18.3 Å². The Morgan fingerprint density at radius 1 is 0.926 bits per heavy atom. The zero-order chi connectivity index (χ0) is 19.0. The van der Waals surface area contributed by atoms with Crippen LogP contribution >= 0.6 is 0 Å². The molecule has 3 aromatic rings. The second kappa shape index (κ2) is 6.28. The molecule has 0 bridgehead atoms. The number of amides is 1. The van der Waals surface area contributed by atoms with Crippen LogP contribution in [0.1, 0.15) is 18.4 Å². The molecule has 1 amide bonds. The average molecular weight is 363 g/mol. The molecule has 1 fully saturated rings. The number of anilines is 1. The minimum atomic E-state index is -1.15. The highest BCUT2D eigenvalue weighted by Gasteiger charge is 2.51. The number of hydrogen-bond acceptors (Lipinski definition) is 3. The van der Waals surface area contributed by atoms with E-state index in [1.54, 1.807) is 6.07 Å². The lowest BCUT2D eigenvalue weighted by molar-refractivity contribution is -0.140. The van der Waals surface area contributed by atoms with E-state index in [9.17, 15) is 14.7 Å². The lowest BCUT2D eigenvalue weighted by Gasteiger charge is -2.11. The molecule has 7 heteroatoms. The highest BCUT2D eigenvalue weighted by atomic mass is 16.4. The molecule has 1 aliphatic rings. The molecule has 1 saturated carbocycles. The van der Waals surface area contributed by atoms with Crippen LogP contribution in [0.5, 0.6) is 0 Å². The first-order chi connectivity index (χ1) is 13.0. The predicted octanol–water partition coefficient (Wildman–Crippen LogP) is 3.75. The average Bonchev–Trinajstić information content (AvgIpc) is 3.36. The zero-order valence-corrected chi connectivity index (χ0v) is 14.3. The van der Waals surface area contributed by atoms with E-state index in [2.05, 4.69) is 10.4 Å². The lowest BCUT2D eigenvalue weighted by atomic mass is 9.94. The number of aliphatic carboxylic acids is 1. The van der Waals surface area contributed by atoms with E-state index in [1.807, 2.05) is 48.5 Å². The first-order valence-corrected chi connectivity index (χ1v) is 8.48. The molecule has 0 unspecified atom stereocenters. The second-order valence-electron chi connectivity index (χ2n) is 6.57. The van der Waals surface area contributed by atoms with Crippen molar-refractivity contribution in [2.24, 2.45) is 0 Å². The van der Waals surface area contributed by atoms with E-state index in [4.69, 9.17) is 5.11 Å². The van der Waals surface area contributed by atoms with Crippen LogP contribution in [0.3, 0.4) is 0 Å². The Hall–Kier alpha value is -3.61. The van der Waals surface area contributed by atoms with Crippen LogP contribution in [0.15, 0.2) is 60.8 Å². The molecule has 0 spiro atoms. The van der Waals surface area contributed by atoms with Crippen molar-refractivity contribution in [3.05, 3.63) is 66.4 Å². The van der Waals surface area contributed by atoms with Gasteiger partial charge in [-0.1, -0.05) is 36.4 Å². The summed E-state index contributed by atoms with van der Waals surface area (Å²) in [6.45, 7) is 0. The number of aromatic nitrogens is 2. The molecule has 1 heterocycles. The van der Waals surface area contributed by atoms with Crippen molar-refractivity contribution >= 4 is 17.9 Å². The van der Waals surface area contributed by atoms with Crippen molar-refractivity contribution < 1.29 is 19.8 Å². The molecule has 136 valence electrons. The van der Waals surface area contributed by atoms with Crippen molar-refractivity contribution in [3.63, 3.8) is 0 Å². The van der Waals surface area contributed by atoms with Crippen molar-refractivity contribution in [3.8, 4) is 16.8 Å². The molecule has 1 aromatic heterocycles. The molecule has 27 heavy (non-hydrogen) atoms. The quantitative estimate of drug-likeness (QED) is 0.640. The van der Waals surface area contributed by atoms with E-state index < -0.39 is 17.5 Å². The minimum absolute atomic E-state index is 0.364. The van der Waals surface area contributed by atoms with E-state index in [1.165, 1.54) is 10.9 Å². The van der Waals surface area contributed by atoms with Crippen LogP contribution in [-0.4, -0.2) is 32.1 Å². The van der Waals surface area contributed by atoms with Gasteiger partial charge in [-0.15, -0.1) is 0 Å². The van der Waals surface area contributed by atoms with Gasteiger partial charge in [0, 0.05) is 6.07 Å². The summed E-state index contributed by atoms with van der Waals surface area (Å²) in [4.78, 5) is 22.3. The number of nitrogens with one attached hydrogen (secondary N) is 1. The van der Waals surface area contributed by atoms with E-state index in [0.29, 0.717) is 18.7 Å². The Balaban J connectivity index is 1.57. The Morgan fingerprint density at radius 3 is 2.04 bits per heavy atom. The third-order valence-corrected chi connectivity index (χ3v) is 4.92. The summed E-state index contributed by atoms with van der Waals surface area (Å²) < 4.78 is 1.50. The molecular formula is C20H17N3O4. The smallest absolute Gasteiger partial charge is 0.410 e. The summed E-state index contributed by atoms with van der Waals surface area (Å²) in [5, 5.41) is 24.7. The van der Waals surface area contributed by atoms with Gasteiger partial charge in [-0.2, -0.15) is 5.10 Å². The largest absolute Gasteiger partial charge is 0.481 e. The van der Waals surface area contributed by atoms with Gasteiger partial charge < -0.3 is 10.2 Å². The fourth-order valence-corrected chi connectivity index (χ4v) is 3.24. The monoisotopic (exact) mass is 363 g/mol. The third kappa shape index (κ3) is 3.03. The normalized spacial score (nSPS) is 14.5. The van der Waals surface area contributed by atoms with Gasteiger partial charge >= 0.3 is 12.1 Å². The van der Waals surface area contributed by atoms with Gasteiger partial charge in [-0.3, -0.25) is 10.1 Å². The minimum Gasteiger partial charge on any atom is -0.481 e. The van der Waals surface area contributed by atoms with Gasteiger partial charge in [0.05, 0.1) is 17.3 Å². The number of rotatable bonds is 5. The van der Waals surface area contributed by atoms with Crippen LogP contribution in [-0.2, 0) is 10.2 Å². The first kappa shape index (κ1) is 16.8. The summed E-state index contributed by atoms with van der Waals surface area (Å²) in [6, 6.07) is 16.7. The predicted molar refractivity (Wildman–Crippen MR) is 99.2 cm³/mol. The zero-order valence-electron chi connectivity index (χ0n) is 14.3. The van der Waals surface area contributed by atoms with Gasteiger partial charge in [0.2, 0.25) is 0 Å². The molecule has 3 N–H and O–H groups in total. The number of hydrogen-bond donors (Lipinski definition) is 3. The molecular weight excluding hydrogens is 346 g/mol. The topological polar surface area (TPSA) is 104 Å². The van der Waals surface area contributed by atoms with Gasteiger partial charge in [-0.05, 0) is 41.7 Å². The van der Waals surface area contributed by atoms with Gasteiger partial charge in [0.15, 0.2) is 0 Å². The fourth-order valence-electron chi connectivity index (χ4n) is 3.24. The summed E-state index contributed by atoms with van der Waals surface area (Å²) in [5.41, 5.74) is 2.83. The standard InChI is InChI=1S/C20H17N3O4/c24-18(25)20(10-11-20)15-5-1-13(2-6-15)14-3-7-16(8-4-14)23-17(9-12-21-23)22-19(26)27/h1-9,12,22H,10-11H2,(H,24,25)(H,26,27). The highest BCUT2D eigenvalue weighted by Crippen LogP contribution is 2.48. The lowest BCUT2D eigenvalue weighted by Crippen LogP contribution is -2.19. The van der Waals surface area contributed by atoms with Crippen LogP contribution in [0.2, 0.25) is 0 Å². The number of nitrogens with zero attached hydrogens (tertiary/aromatic N) is 2. The van der Waals surface area contributed by atoms with Gasteiger partial charge in [0.1, 0.15) is 5.82 Å². The van der Waals surface area contributed by atoms with Crippen molar-refractivity contribution in [2.75, 3.05) is 5.32 Å². The number of carbonyl (C=O) groups is 2. The summed E-state index contributed by atoms with van der Waals surface area (Å²) in [7, 11) is 0. The Labute approximate surface area is 154 Å². The van der Waals surface area contributed by atoms with E-state index in [-0.39, 0.29) is 0 Å². The molecule has 0 atom stereocenters. The summed E-state index contributed by atoms with van der Waals surface area (Å²) in [5.74, 6) is -0.396. The third-order valence-electron chi connectivity index (χ3n) is 4.92. The summed E-state index contributed by atoms with van der Waals surface area (Å²) >= 11 is 0. The second-order valence-corrected chi connectivity index (χ2v) is 6.57. The van der Waals surface area contributed by atoms with Gasteiger partial charge in [0.25, 0.3) is 0 Å². The maximum absolute atomic E-state index is 11.4. The number of carboxylic acid groups (broad SMARTS) is 2. The van der Waals surface area contributed by atoms with Gasteiger partial charge in [-0.25, -0.2) is 9.48 Å².